The molecule has 0 unspecified atom stereocenters. The van der Waals surface area contributed by atoms with Crippen LogP contribution in [-0.2, 0) is 6.42 Å². The van der Waals surface area contributed by atoms with Crippen molar-refractivity contribution >= 4 is 5.82 Å². The molecule has 0 atom stereocenters. The lowest BCUT2D eigenvalue weighted by Gasteiger charge is -2.25. The van der Waals surface area contributed by atoms with Gasteiger partial charge in [0.1, 0.15) is 5.69 Å². The monoisotopic (exact) mass is 359 g/mol. The van der Waals surface area contributed by atoms with Crippen LogP contribution in [0.15, 0.2) is 54.6 Å². The Kier molecular flexibility index (Phi) is 6.22. The fourth-order valence-electron chi connectivity index (χ4n) is 3.27. The first kappa shape index (κ1) is 18.7. The van der Waals surface area contributed by atoms with Gasteiger partial charge in [-0.1, -0.05) is 55.5 Å². The zero-order valence-corrected chi connectivity index (χ0v) is 16.0. The smallest absolute Gasteiger partial charge is 0.156 e. The maximum absolute atomic E-state index is 9.25. The third kappa shape index (κ3) is 4.35. The van der Waals surface area contributed by atoms with Crippen molar-refractivity contribution in [2.24, 2.45) is 0 Å². The van der Waals surface area contributed by atoms with E-state index in [9.17, 15) is 5.26 Å². The molecule has 0 radical (unpaired) electrons. The molecule has 3 rings (SSSR count). The van der Waals surface area contributed by atoms with Crippen molar-refractivity contribution in [2.75, 3.05) is 18.0 Å². The summed E-state index contributed by atoms with van der Waals surface area (Å²) in [5, 5.41) is 18.2. The molecule has 5 heteroatoms. The molecule has 0 saturated carbocycles. The van der Waals surface area contributed by atoms with E-state index >= 15 is 0 Å². The van der Waals surface area contributed by atoms with Crippen molar-refractivity contribution in [1.82, 2.24) is 15.0 Å². The van der Waals surface area contributed by atoms with Crippen molar-refractivity contribution in [1.29, 1.82) is 5.26 Å². The third-order valence-corrected chi connectivity index (χ3v) is 4.43. The Bertz CT molecular complexity index is 902. The van der Waals surface area contributed by atoms with E-state index in [-0.39, 0.29) is 0 Å². The van der Waals surface area contributed by atoms with Crippen LogP contribution in [0.2, 0.25) is 0 Å². The van der Waals surface area contributed by atoms with Gasteiger partial charge >= 0.3 is 0 Å². The highest BCUT2D eigenvalue weighted by molar-refractivity contribution is 5.53. The average Bonchev–Trinajstić information content (AvgIpc) is 3.12. The largest absolute Gasteiger partial charge is 0.355 e. The van der Waals surface area contributed by atoms with Gasteiger partial charge in [0.2, 0.25) is 0 Å². The minimum absolute atomic E-state index is 0.621. The summed E-state index contributed by atoms with van der Waals surface area (Å²) < 4.78 is 1.88. The molecular weight excluding hydrogens is 334 g/mol. The van der Waals surface area contributed by atoms with Crippen molar-refractivity contribution < 1.29 is 0 Å². The van der Waals surface area contributed by atoms with Crippen LogP contribution in [0.4, 0.5) is 5.82 Å². The van der Waals surface area contributed by atoms with E-state index in [2.05, 4.69) is 47.3 Å². The predicted molar refractivity (Wildman–Crippen MR) is 108 cm³/mol. The van der Waals surface area contributed by atoms with Gasteiger partial charge in [-0.2, -0.15) is 9.94 Å². The number of hydrogen-bond donors (Lipinski definition) is 0. The molecule has 0 amide bonds. The highest BCUT2D eigenvalue weighted by Crippen LogP contribution is 2.26. The minimum Gasteiger partial charge on any atom is -0.355 e. The van der Waals surface area contributed by atoms with Crippen LogP contribution in [0.3, 0.4) is 0 Å². The van der Waals surface area contributed by atoms with Gasteiger partial charge in [-0.05, 0) is 36.6 Å². The van der Waals surface area contributed by atoms with E-state index in [1.807, 2.05) is 41.1 Å². The van der Waals surface area contributed by atoms with Gasteiger partial charge in [-0.15, -0.1) is 5.10 Å². The Morgan fingerprint density at radius 1 is 1.00 bits per heavy atom. The second kappa shape index (κ2) is 9.00. The summed E-state index contributed by atoms with van der Waals surface area (Å²) in [7, 11) is 0. The van der Waals surface area contributed by atoms with E-state index in [1.54, 1.807) is 6.07 Å². The van der Waals surface area contributed by atoms with Crippen LogP contribution in [0.5, 0.6) is 0 Å². The van der Waals surface area contributed by atoms with Crippen LogP contribution in [-0.4, -0.2) is 28.1 Å². The topological polar surface area (TPSA) is 57.7 Å². The highest BCUT2D eigenvalue weighted by Gasteiger charge is 2.20. The lowest BCUT2D eigenvalue weighted by Crippen LogP contribution is -2.28. The minimum atomic E-state index is 0.621. The first-order valence-electron chi connectivity index (χ1n) is 9.50. The first-order valence-corrected chi connectivity index (χ1v) is 9.50. The van der Waals surface area contributed by atoms with Crippen LogP contribution in [0.25, 0.3) is 5.69 Å². The second-order valence-electron chi connectivity index (χ2n) is 6.58. The number of nitrogens with zero attached hydrogens (tertiary/aromatic N) is 5. The van der Waals surface area contributed by atoms with Gasteiger partial charge in [0.05, 0.1) is 17.3 Å². The molecule has 0 bridgehead atoms. The maximum Gasteiger partial charge on any atom is 0.156 e. The molecule has 0 fully saturated rings. The molecule has 0 N–H and O–H groups in total. The fraction of sp³-hybridized carbons (Fsp3) is 0.318. The molecule has 0 aliphatic heterocycles. The molecule has 5 nitrogen and oxygen atoms in total. The second-order valence-corrected chi connectivity index (χ2v) is 6.58. The molecule has 0 saturated heterocycles. The van der Waals surface area contributed by atoms with E-state index in [1.165, 1.54) is 5.56 Å². The molecule has 138 valence electrons. The lowest BCUT2D eigenvalue weighted by molar-refractivity contribution is 0.703. The summed E-state index contributed by atoms with van der Waals surface area (Å²) in [6.07, 6.45) is 2.83. The van der Waals surface area contributed by atoms with Crippen LogP contribution >= 0.6 is 0 Å². The number of anilines is 1. The van der Waals surface area contributed by atoms with Gasteiger partial charge in [0, 0.05) is 19.5 Å². The fourth-order valence-corrected chi connectivity index (χ4v) is 3.27. The molecule has 1 aromatic heterocycles. The first-order chi connectivity index (χ1) is 13.3. The molecule has 27 heavy (non-hydrogen) atoms. The Morgan fingerprint density at radius 3 is 2.41 bits per heavy atom. The van der Waals surface area contributed by atoms with Crippen molar-refractivity contribution in [3.05, 3.63) is 71.4 Å². The molecule has 0 aliphatic carbocycles. The van der Waals surface area contributed by atoms with Gasteiger partial charge in [-0.25, -0.2) is 0 Å². The zero-order valence-electron chi connectivity index (χ0n) is 16.0. The average molecular weight is 359 g/mol. The Hall–Kier alpha value is -3.13. The van der Waals surface area contributed by atoms with Crippen molar-refractivity contribution in [2.45, 2.75) is 33.1 Å². The summed E-state index contributed by atoms with van der Waals surface area (Å²) in [6, 6.07) is 20.1. The van der Waals surface area contributed by atoms with E-state index in [0.717, 1.165) is 49.6 Å². The highest BCUT2D eigenvalue weighted by atomic mass is 15.5. The summed E-state index contributed by atoms with van der Waals surface area (Å²) in [5.74, 6) is 1.03. The Morgan fingerprint density at radius 2 is 1.74 bits per heavy atom. The lowest BCUT2D eigenvalue weighted by atomic mass is 10.1. The SMILES string of the molecule is CCCN(CCC)c1c(Cc2ccccc2)nnn1-c1cccc(C#N)c1. The Balaban J connectivity index is 2.08. The van der Waals surface area contributed by atoms with Crippen molar-refractivity contribution in [3.8, 4) is 11.8 Å². The molecule has 3 aromatic rings. The van der Waals surface area contributed by atoms with E-state index in [0.29, 0.717) is 5.56 Å². The number of rotatable bonds is 8. The maximum atomic E-state index is 9.25. The van der Waals surface area contributed by atoms with Gasteiger partial charge in [-0.3, -0.25) is 0 Å². The van der Waals surface area contributed by atoms with Crippen LogP contribution < -0.4 is 4.90 Å². The molecule has 2 aromatic carbocycles. The zero-order chi connectivity index (χ0) is 19.1. The summed E-state index contributed by atoms with van der Waals surface area (Å²) >= 11 is 0. The van der Waals surface area contributed by atoms with Gasteiger partial charge < -0.3 is 4.90 Å². The normalized spacial score (nSPS) is 10.6. The summed E-state index contributed by atoms with van der Waals surface area (Å²) in [4.78, 5) is 2.36. The van der Waals surface area contributed by atoms with Crippen molar-refractivity contribution in [3.63, 3.8) is 0 Å². The molecule has 0 spiro atoms. The van der Waals surface area contributed by atoms with Gasteiger partial charge in [0.25, 0.3) is 0 Å². The predicted octanol–water partition coefficient (Wildman–Crippen LogP) is 4.36. The van der Waals surface area contributed by atoms with Gasteiger partial charge in [0.15, 0.2) is 5.82 Å². The molecule has 1 heterocycles. The van der Waals surface area contributed by atoms with Crippen LogP contribution in [0, 0.1) is 11.3 Å². The number of aromatic nitrogens is 3. The summed E-state index contributed by atoms with van der Waals surface area (Å²) in [6.45, 7) is 6.26. The standard InChI is InChI=1S/C22H25N5/c1-3-13-26(14-4-2)22-21(16-18-9-6-5-7-10-18)24-25-27(22)20-12-8-11-19(15-20)17-23/h5-12,15H,3-4,13-14,16H2,1-2H3. The quantitative estimate of drug-likeness (QED) is 0.600. The molecule has 0 aliphatic rings. The number of benzene rings is 2. The Labute approximate surface area is 160 Å². The number of hydrogen-bond acceptors (Lipinski definition) is 4. The summed E-state index contributed by atoms with van der Waals surface area (Å²) in [5.41, 5.74) is 3.67. The molecular formula is C22H25N5. The van der Waals surface area contributed by atoms with Crippen LogP contribution in [0.1, 0.15) is 43.5 Å². The van der Waals surface area contributed by atoms with E-state index in [4.69, 9.17) is 0 Å². The third-order valence-electron chi connectivity index (χ3n) is 4.43. The van der Waals surface area contributed by atoms with E-state index < -0.39 is 0 Å². The number of nitriles is 1.